The molecule has 0 aliphatic carbocycles. The highest BCUT2D eigenvalue weighted by Gasteiger charge is 2.13. The van der Waals surface area contributed by atoms with E-state index >= 15 is 0 Å². The van der Waals surface area contributed by atoms with Crippen LogP contribution in [0.15, 0.2) is 12.1 Å². The molecule has 1 heterocycles. The van der Waals surface area contributed by atoms with Gasteiger partial charge >= 0.3 is 5.00 Å². The van der Waals surface area contributed by atoms with Crippen LogP contribution in [0.3, 0.4) is 0 Å². The van der Waals surface area contributed by atoms with Gasteiger partial charge in [0.15, 0.2) is 0 Å². The maximum atomic E-state index is 10.5. The Balaban J connectivity index is 2.50. The fourth-order valence-corrected chi connectivity index (χ4v) is 2.07. The third-order valence-corrected chi connectivity index (χ3v) is 3.40. The first-order valence-electron chi connectivity index (χ1n) is 5.12. The Labute approximate surface area is 98.3 Å². The van der Waals surface area contributed by atoms with Gasteiger partial charge in [-0.25, -0.2) is 0 Å². The molecule has 0 unspecified atom stereocenters. The van der Waals surface area contributed by atoms with Crippen LogP contribution in [0.25, 0.3) is 0 Å². The molecule has 1 rings (SSSR count). The molecule has 0 aliphatic heterocycles. The number of rotatable bonds is 6. The Hall–Kier alpha value is -0.980. The highest BCUT2D eigenvalue weighted by Crippen LogP contribution is 2.23. The van der Waals surface area contributed by atoms with E-state index in [1.54, 1.807) is 6.07 Å². The summed E-state index contributed by atoms with van der Waals surface area (Å²) in [5.41, 5.74) is 0. The zero-order valence-electron chi connectivity index (χ0n) is 9.34. The van der Waals surface area contributed by atoms with E-state index in [0.29, 0.717) is 12.5 Å². The average Bonchev–Trinajstić information content (AvgIpc) is 2.67. The van der Waals surface area contributed by atoms with Crippen molar-refractivity contribution < 1.29 is 10.0 Å². The fraction of sp³-hybridized carbons (Fsp3) is 0.600. The number of aliphatic hydroxyl groups excluding tert-OH is 1. The number of thiophene rings is 1. The maximum absolute atomic E-state index is 10.5. The van der Waals surface area contributed by atoms with Gasteiger partial charge in [-0.1, -0.05) is 25.2 Å². The first-order valence-corrected chi connectivity index (χ1v) is 5.93. The maximum Gasteiger partial charge on any atom is 0.324 e. The monoisotopic (exact) mass is 244 g/mol. The van der Waals surface area contributed by atoms with Crippen LogP contribution in [-0.4, -0.2) is 22.7 Å². The molecule has 90 valence electrons. The van der Waals surface area contributed by atoms with Crippen molar-refractivity contribution in [1.29, 1.82) is 0 Å². The normalized spacial score (nSPS) is 13.0. The SMILES string of the molecule is CC(C)[C@@H](CO)NCc1ccc([N+](=O)[O-])s1. The summed E-state index contributed by atoms with van der Waals surface area (Å²) in [7, 11) is 0. The molecule has 0 saturated heterocycles. The van der Waals surface area contributed by atoms with Gasteiger partial charge < -0.3 is 10.4 Å². The van der Waals surface area contributed by atoms with Gasteiger partial charge in [0.2, 0.25) is 0 Å². The number of hydrogen-bond donors (Lipinski definition) is 2. The van der Waals surface area contributed by atoms with Crippen LogP contribution >= 0.6 is 11.3 Å². The van der Waals surface area contributed by atoms with E-state index in [-0.39, 0.29) is 22.6 Å². The summed E-state index contributed by atoms with van der Waals surface area (Å²) in [6.45, 7) is 4.67. The average molecular weight is 244 g/mol. The van der Waals surface area contributed by atoms with E-state index in [1.165, 1.54) is 6.07 Å². The second-order valence-corrected chi connectivity index (χ2v) is 5.06. The lowest BCUT2D eigenvalue weighted by atomic mass is 10.1. The summed E-state index contributed by atoms with van der Waals surface area (Å²) in [5.74, 6) is 0.333. The van der Waals surface area contributed by atoms with Gasteiger partial charge in [-0.3, -0.25) is 10.1 Å². The summed E-state index contributed by atoms with van der Waals surface area (Å²) < 4.78 is 0. The third-order valence-electron chi connectivity index (χ3n) is 2.37. The van der Waals surface area contributed by atoms with Crippen molar-refractivity contribution in [3.05, 3.63) is 27.1 Å². The predicted molar refractivity (Wildman–Crippen MR) is 63.5 cm³/mol. The predicted octanol–water partition coefficient (Wildman–Crippen LogP) is 1.76. The standard InChI is InChI=1S/C10H16N2O3S/c1-7(2)9(6-13)11-5-8-3-4-10(16-8)12(14)15/h3-4,7,9,11,13H,5-6H2,1-2H3/t9-/m1/s1. The molecule has 0 fully saturated rings. The third kappa shape index (κ3) is 3.55. The molecular weight excluding hydrogens is 228 g/mol. The molecular formula is C10H16N2O3S. The number of nitrogens with zero attached hydrogens (tertiary/aromatic N) is 1. The van der Waals surface area contributed by atoms with Crippen molar-refractivity contribution in [3.8, 4) is 0 Å². The number of nitro groups is 1. The van der Waals surface area contributed by atoms with Crippen molar-refractivity contribution >= 4 is 16.3 Å². The zero-order valence-corrected chi connectivity index (χ0v) is 10.2. The molecule has 0 amide bonds. The fourth-order valence-electron chi connectivity index (χ4n) is 1.30. The molecule has 0 bridgehead atoms. The van der Waals surface area contributed by atoms with Gasteiger partial charge in [0.1, 0.15) is 0 Å². The minimum atomic E-state index is -0.389. The molecule has 6 heteroatoms. The van der Waals surface area contributed by atoms with E-state index < -0.39 is 0 Å². The van der Waals surface area contributed by atoms with Crippen molar-refractivity contribution in [2.75, 3.05) is 6.61 Å². The number of nitrogens with one attached hydrogen (secondary N) is 1. The molecule has 16 heavy (non-hydrogen) atoms. The summed E-state index contributed by atoms with van der Waals surface area (Å²) in [4.78, 5) is 11.0. The Morgan fingerprint density at radius 3 is 2.69 bits per heavy atom. The Kier molecular flexibility index (Phi) is 4.85. The van der Waals surface area contributed by atoms with E-state index in [1.807, 2.05) is 13.8 Å². The molecule has 1 atom stereocenters. The van der Waals surface area contributed by atoms with Crippen LogP contribution in [0, 0.1) is 16.0 Å². The topological polar surface area (TPSA) is 75.4 Å². The van der Waals surface area contributed by atoms with Gasteiger partial charge in [-0.05, 0) is 12.0 Å². The van der Waals surface area contributed by atoms with Gasteiger partial charge in [-0.15, -0.1) is 0 Å². The summed E-state index contributed by atoms with van der Waals surface area (Å²) in [6.07, 6.45) is 0. The second kappa shape index (κ2) is 5.93. The number of hydrogen-bond acceptors (Lipinski definition) is 5. The Bertz CT molecular complexity index is 352. The minimum Gasteiger partial charge on any atom is -0.395 e. The van der Waals surface area contributed by atoms with Gasteiger partial charge in [0.25, 0.3) is 0 Å². The lowest BCUT2D eigenvalue weighted by Gasteiger charge is -2.19. The van der Waals surface area contributed by atoms with Crippen molar-refractivity contribution in [1.82, 2.24) is 5.32 Å². The highest BCUT2D eigenvalue weighted by atomic mass is 32.1. The van der Waals surface area contributed by atoms with Crippen molar-refractivity contribution in [2.24, 2.45) is 5.92 Å². The first-order chi connectivity index (χ1) is 7.54. The first kappa shape index (κ1) is 13.1. The van der Waals surface area contributed by atoms with E-state index in [0.717, 1.165) is 16.2 Å². The van der Waals surface area contributed by atoms with Crippen LogP contribution in [0.5, 0.6) is 0 Å². The highest BCUT2D eigenvalue weighted by molar-refractivity contribution is 7.15. The molecule has 0 aliphatic rings. The lowest BCUT2D eigenvalue weighted by Crippen LogP contribution is -2.36. The molecule has 0 saturated carbocycles. The Morgan fingerprint density at radius 2 is 2.25 bits per heavy atom. The van der Waals surface area contributed by atoms with Crippen LogP contribution in [0.2, 0.25) is 0 Å². The molecule has 1 aromatic heterocycles. The van der Waals surface area contributed by atoms with Crippen molar-refractivity contribution in [2.45, 2.75) is 26.4 Å². The minimum absolute atomic E-state index is 0.0288. The lowest BCUT2D eigenvalue weighted by molar-refractivity contribution is -0.380. The molecule has 1 aromatic rings. The summed E-state index contributed by atoms with van der Waals surface area (Å²) >= 11 is 1.16. The zero-order chi connectivity index (χ0) is 12.1. The van der Waals surface area contributed by atoms with Crippen LogP contribution in [-0.2, 0) is 6.54 Å². The van der Waals surface area contributed by atoms with Crippen LogP contribution in [0.1, 0.15) is 18.7 Å². The van der Waals surface area contributed by atoms with E-state index in [2.05, 4.69) is 5.32 Å². The number of aliphatic hydroxyl groups is 1. The Morgan fingerprint density at radius 1 is 1.56 bits per heavy atom. The van der Waals surface area contributed by atoms with Crippen LogP contribution in [0.4, 0.5) is 5.00 Å². The molecule has 0 radical (unpaired) electrons. The van der Waals surface area contributed by atoms with Gasteiger partial charge in [0, 0.05) is 23.5 Å². The van der Waals surface area contributed by atoms with E-state index in [9.17, 15) is 10.1 Å². The quantitative estimate of drug-likeness (QED) is 0.590. The van der Waals surface area contributed by atoms with Crippen LogP contribution < -0.4 is 5.32 Å². The van der Waals surface area contributed by atoms with Crippen molar-refractivity contribution in [3.63, 3.8) is 0 Å². The van der Waals surface area contributed by atoms with E-state index in [4.69, 9.17) is 5.11 Å². The molecule has 0 aromatic carbocycles. The van der Waals surface area contributed by atoms with Gasteiger partial charge in [0.05, 0.1) is 11.5 Å². The summed E-state index contributed by atoms with van der Waals surface area (Å²) in [6, 6.07) is 3.27. The molecule has 5 nitrogen and oxygen atoms in total. The largest absolute Gasteiger partial charge is 0.395 e. The van der Waals surface area contributed by atoms with Gasteiger partial charge in [-0.2, -0.15) is 0 Å². The summed E-state index contributed by atoms with van der Waals surface area (Å²) in [5, 5.41) is 22.9. The smallest absolute Gasteiger partial charge is 0.324 e. The second-order valence-electron chi connectivity index (χ2n) is 3.91. The molecule has 2 N–H and O–H groups in total. The molecule has 0 spiro atoms.